The first kappa shape index (κ1) is 18.7. The maximum Gasteiger partial charge on any atom is 0.204 e. The predicted molar refractivity (Wildman–Crippen MR) is 103 cm³/mol. The fourth-order valence-electron chi connectivity index (χ4n) is 1.35. The Hall–Kier alpha value is -1.31. The molecule has 0 aromatic heterocycles. The molecule has 0 amide bonds. The van der Waals surface area contributed by atoms with Crippen LogP contribution in [0.3, 0.4) is 0 Å². The minimum atomic E-state index is -1.61. The molecule has 22 heavy (non-hydrogen) atoms. The standard InChI is InChI=1S/C18H28N2Si2/c1-19(2)21(5,6)14-12-17-10-9-11-18(16-17)13-15-22(7,8)20(3)4/h9-11,16H,1-8H3. The van der Waals surface area contributed by atoms with E-state index in [0.29, 0.717) is 0 Å². The Labute approximate surface area is 138 Å². The number of rotatable bonds is 2. The summed E-state index contributed by atoms with van der Waals surface area (Å²) in [7, 11) is 5.22. The monoisotopic (exact) mass is 328 g/mol. The SMILES string of the molecule is CN(C)[Si](C)(C)C#Cc1cccc(C#C[Si](C)(C)N(C)C)c1. The lowest BCUT2D eigenvalue weighted by molar-refractivity contribution is 0.635. The highest BCUT2D eigenvalue weighted by atomic mass is 28.3. The maximum atomic E-state index is 3.46. The van der Waals surface area contributed by atoms with E-state index >= 15 is 0 Å². The van der Waals surface area contributed by atoms with Crippen LogP contribution in [-0.4, -0.2) is 53.8 Å². The molecule has 0 fully saturated rings. The first-order valence-electron chi connectivity index (χ1n) is 7.56. The third-order valence-corrected chi connectivity index (χ3v) is 10.1. The van der Waals surface area contributed by atoms with Crippen molar-refractivity contribution in [2.75, 3.05) is 28.2 Å². The lowest BCUT2D eigenvalue weighted by Crippen LogP contribution is -2.42. The van der Waals surface area contributed by atoms with E-state index in [1.807, 2.05) is 6.07 Å². The number of nitrogens with zero attached hydrogens (tertiary/aromatic N) is 2. The summed E-state index contributed by atoms with van der Waals surface area (Å²) in [6.45, 7) is 9.04. The van der Waals surface area contributed by atoms with Gasteiger partial charge in [-0.1, -0.05) is 17.9 Å². The van der Waals surface area contributed by atoms with Gasteiger partial charge in [-0.15, -0.1) is 11.1 Å². The first-order chi connectivity index (χ1) is 10.0. The molecule has 0 saturated heterocycles. The Kier molecular flexibility index (Phi) is 6.22. The van der Waals surface area contributed by atoms with E-state index < -0.39 is 16.5 Å². The van der Waals surface area contributed by atoms with Gasteiger partial charge in [0.05, 0.1) is 0 Å². The summed E-state index contributed by atoms with van der Waals surface area (Å²) in [5.41, 5.74) is 9.03. The molecule has 1 rings (SSSR count). The van der Waals surface area contributed by atoms with Crippen molar-refractivity contribution in [3.8, 4) is 22.9 Å². The number of hydrogen-bond acceptors (Lipinski definition) is 2. The van der Waals surface area contributed by atoms with E-state index in [1.54, 1.807) is 0 Å². The molecular formula is C18H28N2Si2. The van der Waals surface area contributed by atoms with Crippen LogP contribution in [0.5, 0.6) is 0 Å². The van der Waals surface area contributed by atoms with Gasteiger partial charge >= 0.3 is 0 Å². The molecule has 0 aliphatic rings. The van der Waals surface area contributed by atoms with E-state index in [2.05, 4.69) is 105 Å². The van der Waals surface area contributed by atoms with Crippen LogP contribution in [0.25, 0.3) is 0 Å². The van der Waals surface area contributed by atoms with Crippen molar-refractivity contribution in [1.82, 2.24) is 9.13 Å². The van der Waals surface area contributed by atoms with Crippen molar-refractivity contribution in [1.29, 1.82) is 0 Å². The Morgan fingerprint density at radius 1 is 0.727 bits per heavy atom. The second-order valence-corrected chi connectivity index (χ2v) is 15.5. The summed E-state index contributed by atoms with van der Waals surface area (Å²) >= 11 is 0. The Morgan fingerprint density at radius 3 is 1.41 bits per heavy atom. The highest BCUT2D eigenvalue weighted by Crippen LogP contribution is 2.08. The normalized spacial score (nSPS) is 11.7. The molecule has 0 spiro atoms. The molecule has 0 aliphatic carbocycles. The Morgan fingerprint density at radius 2 is 1.09 bits per heavy atom. The van der Waals surface area contributed by atoms with Crippen LogP contribution in [0.1, 0.15) is 11.1 Å². The summed E-state index contributed by atoms with van der Waals surface area (Å²) in [6, 6.07) is 8.27. The minimum Gasteiger partial charge on any atom is -0.320 e. The number of hydrogen-bond donors (Lipinski definition) is 0. The van der Waals surface area contributed by atoms with Crippen LogP contribution in [0.15, 0.2) is 24.3 Å². The summed E-state index contributed by atoms with van der Waals surface area (Å²) < 4.78 is 4.52. The maximum absolute atomic E-state index is 3.46. The third kappa shape index (κ3) is 5.48. The van der Waals surface area contributed by atoms with Crippen LogP contribution in [0.4, 0.5) is 0 Å². The molecule has 0 unspecified atom stereocenters. The van der Waals surface area contributed by atoms with Gasteiger partial charge in [-0.25, -0.2) is 0 Å². The molecule has 4 heteroatoms. The third-order valence-electron chi connectivity index (χ3n) is 4.12. The van der Waals surface area contributed by atoms with E-state index in [1.165, 1.54) is 0 Å². The highest BCUT2D eigenvalue weighted by molar-refractivity contribution is 6.82. The largest absolute Gasteiger partial charge is 0.320 e. The van der Waals surface area contributed by atoms with E-state index in [4.69, 9.17) is 0 Å². The van der Waals surface area contributed by atoms with Gasteiger partial charge in [0.25, 0.3) is 0 Å². The fraction of sp³-hybridized carbons (Fsp3) is 0.444. The smallest absolute Gasteiger partial charge is 0.204 e. The molecule has 0 radical (unpaired) electrons. The zero-order valence-corrected chi connectivity index (χ0v) is 17.2. The molecule has 0 bridgehead atoms. The van der Waals surface area contributed by atoms with Crippen LogP contribution in [-0.2, 0) is 0 Å². The zero-order valence-electron chi connectivity index (χ0n) is 15.2. The van der Waals surface area contributed by atoms with Crippen molar-refractivity contribution in [2.45, 2.75) is 26.2 Å². The molecule has 0 saturated carbocycles. The average molecular weight is 329 g/mol. The molecular weight excluding hydrogens is 300 g/mol. The molecule has 1 aromatic rings. The molecule has 0 atom stereocenters. The van der Waals surface area contributed by atoms with Crippen molar-refractivity contribution >= 4 is 16.5 Å². The van der Waals surface area contributed by atoms with Gasteiger partial charge in [0, 0.05) is 11.1 Å². The van der Waals surface area contributed by atoms with Crippen molar-refractivity contribution in [2.24, 2.45) is 0 Å². The second-order valence-electron chi connectivity index (χ2n) is 6.99. The second kappa shape index (κ2) is 7.31. The van der Waals surface area contributed by atoms with Crippen LogP contribution in [0.2, 0.25) is 26.2 Å². The fourth-order valence-corrected chi connectivity index (χ4v) is 2.70. The first-order valence-corrected chi connectivity index (χ1v) is 13.5. The summed E-state index contributed by atoms with van der Waals surface area (Å²) in [6.07, 6.45) is 0. The molecule has 0 heterocycles. The molecule has 118 valence electrons. The highest BCUT2D eigenvalue weighted by Gasteiger charge is 2.21. The van der Waals surface area contributed by atoms with E-state index in [9.17, 15) is 0 Å². The van der Waals surface area contributed by atoms with Crippen LogP contribution < -0.4 is 0 Å². The van der Waals surface area contributed by atoms with Gasteiger partial charge in [0.15, 0.2) is 0 Å². The van der Waals surface area contributed by atoms with E-state index in [0.717, 1.165) is 11.1 Å². The summed E-state index contributed by atoms with van der Waals surface area (Å²) in [4.78, 5) is 0. The quantitative estimate of drug-likeness (QED) is 0.608. The van der Waals surface area contributed by atoms with E-state index in [-0.39, 0.29) is 0 Å². The minimum absolute atomic E-state index is 1.05. The molecule has 0 N–H and O–H groups in total. The number of benzene rings is 1. The van der Waals surface area contributed by atoms with Crippen LogP contribution in [0, 0.1) is 22.9 Å². The predicted octanol–water partition coefficient (Wildman–Crippen LogP) is 3.00. The van der Waals surface area contributed by atoms with Gasteiger partial charge in [-0.3, -0.25) is 0 Å². The van der Waals surface area contributed by atoms with Crippen molar-refractivity contribution in [3.05, 3.63) is 35.4 Å². The van der Waals surface area contributed by atoms with Gasteiger partial charge < -0.3 is 9.13 Å². The zero-order chi connectivity index (χ0) is 17.0. The molecule has 1 aromatic carbocycles. The van der Waals surface area contributed by atoms with Gasteiger partial charge in [-0.05, 0) is 72.6 Å². The van der Waals surface area contributed by atoms with Gasteiger partial charge in [0.2, 0.25) is 16.5 Å². The molecule has 0 aliphatic heterocycles. The Balaban J connectivity index is 3.03. The van der Waals surface area contributed by atoms with Crippen LogP contribution >= 0.6 is 0 Å². The average Bonchev–Trinajstić information content (AvgIpc) is 2.43. The Bertz CT molecular complexity index is 585. The van der Waals surface area contributed by atoms with Gasteiger partial charge in [-0.2, -0.15) is 0 Å². The molecule has 2 nitrogen and oxygen atoms in total. The van der Waals surface area contributed by atoms with Gasteiger partial charge in [0.1, 0.15) is 0 Å². The summed E-state index contributed by atoms with van der Waals surface area (Å²) in [5, 5.41) is 0. The van der Waals surface area contributed by atoms with Crippen molar-refractivity contribution < 1.29 is 0 Å². The topological polar surface area (TPSA) is 6.48 Å². The lowest BCUT2D eigenvalue weighted by atomic mass is 10.1. The summed E-state index contributed by atoms with van der Waals surface area (Å²) in [5.74, 6) is 6.66. The van der Waals surface area contributed by atoms with Crippen molar-refractivity contribution in [3.63, 3.8) is 0 Å². The lowest BCUT2D eigenvalue weighted by Gasteiger charge is -2.23.